The van der Waals surface area contributed by atoms with Gasteiger partial charge in [-0.2, -0.15) is 0 Å². The molecule has 68 valence electrons. The summed E-state index contributed by atoms with van der Waals surface area (Å²) in [6, 6.07) is 0. The molecule has 0 saturated heterocycles. The van der Waals surface area contributed by atoms with Crippen LogP contribution in [-0.2, 0) is 14.3 Å². The van der Waals surface area contributed by atoms with E-state index in [1.165, 1.54) is 0 Å². The average molecular weight is 173 g/mol. The van der Waals surface area contributed by atoms with Crippen LogP contribution in [0.1, 0.15) is 6.92 Å². The van der Waals surface area contributed by atoms with Crippen molar-refractivity contribution in [1.29, 1.82) is 0 Å². The smallest absolute Gasteiger partial charge is 0.311 e. The van der Waals surface area contributed by atoms with Gasteiger partial charge in [-0.25, -0.2) is 0 Å². The van der Waals surface area contributed by atoms with E-state index in [4.69, 9.17) is 10.3 Å². The highest BCUT2D eigenvalue weighted by Gasteiger charge is 1.98. The van der Waals surface area contributed by atoms with E-state index in [9.17, 15) is 4.79 Å². The first-order valence-electron chi connectivity index (χ1n) is 3.55. The summed E-state index contributed by atoms with van der Waals surface area (Å²) in [7, 11) is 0. The van der Waals surface area contributed by atoms with Crippen LogP contribution in [-0.4, -0.2) is 32.3 Å². The largest absolute Gasteiger partial charge is 0.463 e. The molecule has 0 aromatic heterocycles. The second-order valence-electron chi connectivity index (χ2n) is 1.81. The maximum Gasteiger partial charge on any atom is 0.311 e. The van der Waals surface area contributed by atoms with Crippen LogP contribution in [0, 0.1) is 0 Å². The van der Waals surface area contributed by atoms with Gasteiger partial charge in [0.25, 0.3) is 0 Å². The molecule has 0 aromatic carbocycles. The lowest BCUT2D eigenvalue weighted by Crippen LogP contribution is -2.12. The summed E-state index contributed by atoms with van der Waals surface area (Å²) in [4.78, 5) is 13.0. The highest BCUT2D eigenvalue weighted by molar-refractivity contribution is 5.71. The molecule has 0 N–H and O–H groups in total. The molecule has 0 amide bonds. The first-order valence-corrected chi connectivity index (χ1v) is 3.55. The van der Waals surface area contributed by atoms with Gasteiger partial charge < -0.3 is 9.47 Å². The fraction of sp³-hybridized carbons (Fsp3) is 0.833. The molecule has 0 heterocycles. The van der Waals surface area contributed by atoms with E-state index >= 15 is 0 Å². The maximum absolute atomic E-state index is 10.6. The molecule has 0 atom stereocenters. The Morgan fingerprint density at radius 3 is 2.92 bits per heavy atom. The van der Waals surface area contributed by atoms with Gasteiger partial charge >= 0.3 is 5.97 Å². The van der Waals surface area contributed by atoms with Crippen molar-refractivity contribution in [2.45, 2.75) is 6.92 Å². The summed E-state index contributed by atoms with van der Waals surface area (Å²) in [5.74, 6) is -0.535. The summed E-state index contributed by atoms with van der Waals surface area (Å²) < 4.78 is 9.53. The van der Waals surface area contributed by atoms with Gasteiger partial charge in [-0.3, -0.25) is 4.79 Å². The minimum Gasteiger partial charge on any atom is -0.463 e. The monoisotopic (exact) mass is 173 g/mol. The molecule has 12 heavy (non-hydrogen) atoms. The van der Waals surface area contributed by atoms with Crippen molar-refractivity contribution in [2.75, 3.05) is 26.4 Å². The van der Waals surface area contributed by atoms with Gasteiger partial charge in [-0.1, -0.05) is 5.11 Å². The molecule has 6 nitrogen and oxygen atoms in total. The van der Waals surface area contributed by atoms with Crippen LogP contribution in [0.3, 0.4) is 0 Å². The summed E-state index contributed by atoms with van der Waals surface area (Å²) in [6.07, 6.45) is 0. The van der Waals surface area contributed by atoms with E-state index in [-0.39, 0.29) is 13.2 Å². The Kier molecular flexibility index (Phi) is 7.02. The Morgan fingerprint density at radius 2 is 2.33 bits per heavy atom. The number of hydrogen-bond donors (Lipinski definition) is 0. The second kappa shape index (κ2) is 7.84. The zero-order chi connectivity index (χ0) is 9.23. The van der Waals surface area contributed by atoms with Crippen LogP contribution in [0.15, 0.2) is 5.11 Å². The van der Waals surface area contributed by atoms with Crippen molar-refractivity contribution in [3.05, 3.63) is 10.4 Å². The molecular formula is C6H11N3O3. The summed E-state index contributed by atoms with van der Waals surface area (Å²) in [5, 5.41) is 3.04. The van der Waals surface area contributed by atoms with Gasteiger partial charge in [-0.05, 0) is 12.5 Å². The van der Waals surface area contributed by atoms with Gasteiger partial charge in [0.05, 0.1) is 6.61 Å². The maximum atomic E-state index is 10.6. The number of azide groups is 1. The first kappa shape index (κ1) is 10.7. The van der Waals surface area contributed by atoms with Crippen molar-refractivity contribution < 1.29 is 14.3 Å². The Hall–Kier alpha value is -1.26. The van der Waals surface area contributed by atoms with E-state index in [1.54, 1.807) is 0 Å². The van der Waals surface area contributed by atoms with Crippen molar-refractivity contribution >= 4 is 5.97 Å². The third kappa shape index (κ3) is 6.85. The number of rotatable bonds is 6. The number of nitrogens with zero attached hydrogens (tertiary/aromatic N) is 3. The zero-order valence-electron chi connectivity index (χ0n) is 6.89. The molecule has 0 saturated carbocycles. The molecule has 0 spiro atoms. The summed E-state index contributed by atoms with van der Waals surface area (Å²) >= 11 is 0. The number of ether oxygens (including phenoxy) is 2. The van der Waals surface area contributed by atoms with Crippen LogP contribution in [0.25, 0.3) is 10.4 Å². The quantitative estimate of drug-likeness (QED) is 0.196. The lowest BCUT2D eigenvalue weighted by Gasteiger charge is -2.01. The molecule has 6 heteroatoms. The number of esters is 1. The minimum atomic E-state index is -0.535. The molecular weight excluding hydrogens is 162 g/mol. The van der Waals surface area contributed by atoms with Gasteiger partial charge in [0.15, 0.2) is 0 Å². The lowest BCUT2D eigenvalue weighted by atomic mass is 10.6. The fourth-order valence-electron chi connectivity index (χ4n) is 0.494. The molecule has 0 aliphatic rings. The third-order valence-corrected chi connectivity index (χ3v) is 0.958. The van der Waals surface area contributed by atoms with E-state index in [1.807, 2.05) is 6.92 Å². The molecule has 0 aromatic rings. The number of carbonyl (C=O) groups excluding carboxylic acids is 1. The Balaban J connectivity index is 3.25. The van der Waals surface area contributed by atoms with Crippen molar-refractivity contribution in [2.24, 2.45) is 5.11 Å². The normalized spacial score (nSPS) is 8.75. The Bertz CT molecular complexity index is 177. The van der Waals surface area contributed by atoms with E-state index in [0.717, 1.165) is 0 Å². The van der Waals surface area contributed by atoms with Crippen molar-refractivity contribution in [1.82, 2.24) is 0 Å². The van der Waals surface area contributed by atoms with Crippen molar-refractivity contribution in [3.8, 4) is 0 Å². The number of carbonyl (C=O) groups is 1. The number of hydrogen-bond acceptors (Lipinski definition) is 4. The van der Waals surface area contributed by atoms with Crippen LogP contribution < -0.4 is 0 Å². The molecule has 0 bridgehead atoms. The summed E-state index contributed by atoms with van der Waals surface area (Å²) in [5.41, 5.74) is 7.85. The zero-order valence-corrected chi connectivity index (χ0v) is 6.89. The SMILES string of the molecule is CCOCCOC(=O)CN=[N+]=[N-]. The van der Waals surface area contributed by atoms with E-state index < -0.39 is 5.97 Å². The van der Waals surface area contributed by atoms with Crippen LogP contribution in [0.2, 0.25) is 0 Å². The third-order valence-electron chi connectivity index (χ3n) is 0.958. The van der Waals surface area contributed by atoms with Crippen LogP contribution in [0.4, 0.5) is 0 Å². The minimum absolute atomic E-state index is 0.202. The van der Waals surface area contributed by atoms with Gasteiger partial charge in [0.2, 0.25) is 0 Å². The van der Waals surface area contributed by atoms with Gasteiger partial charge in [-0.15, -0.1) is 0 Å². The average Bonchev–Trinajstić information content (AvgIpc) is 2.09. The predicted octanol–water partition coefficient (Wildman–Crippen LogP) is 0.876. The van der Waals surface area contributed by atoms with Crippen molar-refractivity contribution in [3.63, 3.8) is 0 Å². The highest BCUT2D eigenvalue weighted by Crippen LogP contribution is 1.82. The first-order chi connectivity index (χ1) is 5.81. The van der Waals surface area contributed by atoms with Gasteiger partial charge in [0.1, 0.15) is 13.2 Å². The lowest BCUT2D eigenvalue weighted by molar-refractivity contribution is -0.143. The topological polar surface area (TPSA) is 84.3 Å². The molecule has 0 unspecified atom stereocenters. The van der Waals surface area contributed by atoms with Crippen LogP contribution in [0.5, 0.6) is 0 Å². The Labute approximate surface area is 70.1 Å². The summed E-state index contributed by atoms with van der Waals surface area (Å²) in [6.45, 7) is 2.75. The van der Waals surface area contributed by atoms with E-state index in [0.29, 0.717) is 13.2 Å². The predicted molar refractivity (Wildman–Crippen MR) is 41.5 cm³/mol. The molecule has 0 radical (unpaired) electrons. The molecule has 0 aliphatic heterocycles. The van der Waals surface area contributed by atoms with Gasteiger partial charge in [0, 0.05) is 11.5 Å². The molecule has 0 aliphatic carbocycles. The Morgan fingerprint density at radius 1 is 1.58 bits per heavy atom. The van der Waals surface area contributed by atoms with Crippen LogP contribution >= 0.6 is 0 Å². The molecule has 0 fully saturated rings. The fourth-order valence-corrected chi connectivity index (χ4v) is 0.494. The van der Waals surface area contributed by atoms with E-state index in [2.05, 4.69) is 14.8 Å². The standard InChI is InChI=1S/C6H11N3O3/c1-2-11-3-4-12-6(10)5-8-9-7/h2-5H2,1H3. The highest BCUT2D eigenvalue weighted by atomic mass is 16.6. The second-order valence-corrected chi connectivity index (χ2v) is 1.81. The molecule has 0 rings (SSSR count).